The van der Waals surface area contributed by atoms with Gasteiger partial charge in [0.1, 0.15) is 11.6 Å². The highest BCUT2D eigenvalue weighted by molar-refractivity contribution is 9.10. The zero-order valence-electron chi connectivity index (χ0n) is 9.18. The van der Waals surface area contributed by atoms with Crippen LogP contribution in [0.5, 0.6) is 0 Å². The first kappa shape index (κ1) is 13.6. The first-order valence-corrected chi connectivity index (χ1v) is 5.49. The summed E-state index contributed by atoms with van der Waals surface area (Å²) in [5, 5.41) is 17.9. The monoisotopic (exact) mass is 292 g/mol. The van der Waals surface area contributed by atoms with E-state index in [2.05, 4.69) is 15.9 Å². The molecule has 0 heterocycles. The van der Waals surface area contributed by atoms with Crippen LogP contribution in [-0.2, 0) is 5.41 Å². The maximum Gasteiger partial charge on any atom is 0.494 e. The second-order valence-electron chi connectivity index (χ2n) is 4.57. The van der Waals surface area contributed by atoms with Crippen molar-refractivity contribution in [3.8, 4) is 0 Å². The summed E-state index contributed by atoms with van der Waals surface area (Å²) in [6.45, 7) is 5.26. The summed E-state index contributed by atoms with van der Waals surface area (Å²) in [7, 11) is -2.17. The third kappa shape index (κ3) is 2.44. The van der Waals surface area contributed by atoms with Crippen LogP contribution in [0.25, 0.3) is 0 Å². The van der Waals surface area contributed by atoms with Gasteiger partial charge in [-0.1, -0.05) is 20.8 Å². The van der Waals surface area contributed by atoms with Crippen LogP contribution in [0.15, 0.2) is 10.5 Å². The molecule has 0 aliphatic carbocycles. The Balaban J connectivity index is 3.57. The fraction of sp³-hybridized carbons (Fsp3) is 0.400. The molecule has 2 nitrogen and oxygen atoms in total. The van der Waals surface area contributed by atoms with E-state index < -0.39 is 29.6 Å². The predicted octanol–water partition coefficient (Wildman–Crippen LogP) is 1.70. The van der Waals surface area contributed by atoms with Gasteiger partial charge < -0.3 is 10.0 Å². The number of halogens is 3. The largest absolute Gasteiger partial charge is 0.494 e. The molecular weight excluding hydrogens is 281 g/mol. The van der Waals surface area contributed by atoms with E-state index in [1.165, 1.54) is 6.07 Å². The van der Waals surface area contributed by atoms with Crippen LogP contribution in [0.1, 0.15) is 26.3 Å². The molecule has 0 spiro atoms. The van der Waals surface area contributed by atoms with E-state index in [1.807, 2.05) is 0 Å². The molecule has 1 aromatic carbocycles. The molecule has 6 heteroatoms. The number of hydrogen-bond donors (Lipinski definition) is 2. The molecule has 0 aliphatic heterocycles. The molecule has 2 N–H and O–H groups in total. The second kappa shape index (κ2) is 4.43. The predicted molar refractivity (Wildman–Crippen MR) is 62.6 cm³/mol. The first-order chi connectivity index (χ1) is 7.16. The third-order valence-electron chi connectivity index (χ3n) is 2.26. The van der Waals surface area contributed by atoms with Gasteiger partial charge in [-0.05, 0) is 33.0 Å². The smallest absolute Gasteiger partial charge is 0.423 e. The minimum atomic E-state index is -2.17. The molecule has 16 heavy (non-hydrogen) atoms. The summed E-state index contributed by atoms with van der Waals surface area (Å²) < 4.78 is 27.4. The molecule has 0 atom stereocenters. The molecule has 0 saturated heterocycles. The Hall–Kier alpha value is -0.455. The summed E-state index contributed by atoms with van der Waals surface area (Å²) in [6.07, 6.45) is 0. The first-order valence-electron chi connectivity index (χ1n) is 4.70. The standard InChI is InChI=1S/C10H12BBrF2O2/c1-10(2,3)5-4-6(12)9(14)7(8(5)13)11(15)16/h4,15-16H,1-3H3. The highest BCUT2D eigenvalue weighted by Gasteiger charge is 2.30. The quantitative estimate of drug-likeness (QED) is 0.611. The van der Waals surface area contributed by atoms with Crippen LogP contribution < -0.4 is 5.46 Å². The fourth-order valence-corrected chi connectivity index (χ4v) is 1.84. The molecule has 0 saturated carbocycles. The topological polar surface area (TPSA) is 40.5 Å². The van der Waals surface area contributed by atoms with Crippen molar-refractivity contribution in [2.24, 2.45) is 0 Å². The Morgan fingerprint density at radius 3 is 2.06 bits per heavy atom. The SMILES string of the molecule is CC(C)(C)c1cc(Br)c(F)c(B(O)O)c1F. The molecule has 88 valence electrons. The summed E-state index contributed by atoms with van der Waals surface area (Å²) in [6, 6.07) is 1.32. The molecule has 0 unspecified atom stereocenters. The fourth-order valence-electron chi connectivity index (χ4n) is 1.40. The average molecular weight is 293 g/mol. The van der Waals surface area contributed by atoms with E-state index in [0.29, 0.717) is 0 Å². The lowest BCUT2D eigenvalue weighted by molar-refractivity contribution is 0.417. The second-order valence-corrected chi connectivity index (χ2v) is 5.43. The normalized spacial score (nSPS) is 11.8. The van der Waals surface area contributed by atoms with E-state index in [0.717, 1.165) is 0 Å². The van der Waals surface area contributed by atoms with Gasteiger partial charge in [-0.25, -0.2) is 8.78 Å². The van der Waals surface area contributed by atoms with Gasteiger partial charge in [0.05, 0.1) is 9.94 Å². The van der Waals surface area contributed by atoms with Crippen molar-refractivity contribution < 1.29 is 18.8 Å². The molecular formula is C10H12BBrF2O2. The van der Waals surface area contributed by atoms with Crippen molar-refractivity contribution in [1.82, 2.24) is 0 Å². The van der Waals surface area contributed by atoms with E-state index in [9.17, 15) is 8.78 Å². The van der Waals surface area contributed by atoms with E-state index in [-0.39, 0.29) is 10.0 Å². The van der Waals surface area contributed by atoms with Gasteiger partial charge in [-0.2, -0.15) is 0 Å². The summed E-state index contributed by atoms with van der Waals surface area (Å²) >= 11 is 2.93. The van der Waals surface area contributed by atoms with Crippen LogP contribution in [0.3, 0.4) is 0 Å². The zero-order valence-corrected chi connectivity index (χ0v) is 10.8. The molecule has 0 aliphatic rings. The summed E-state index contributed by atoms with van der Waals surface area (Å²) in [4.78, 5) is 0. The molecule has 0 radical (unpaired) electrons. The highest BCUT2D eigenvalue weighted by atomic mass is 79.9. The van der Waals surface area contributed by atoms with Gasteiger partial charge >= 0.3 is 7.12 Å². The Morgan fingerprint density at radius 1 is 1.19 bits per heavy atom. The summed E-state index contributed by atoms with van der Waals surface area (Å²) in [5.41, 5.74) is -1.05. The minimum absolute atomic E-state index is 0.0157. The van der Waals surface area contributed by atoms with Crippen LogP contribution in [0.4, 0.5) is 8.78 Å². The van der Waals surface area contributed by atoms with Gasteiger partial charge in [-0.15, -0.1) is 0 Å². The van der Waals surface area contributed by atoms with Crippen molar-refractivity contribution >= 4 is 28.5 Å². The van der Waals surface area contributed by atoms with Crippen molar-refractivity contribution in [2.45, 2.75) is 26.2 Å². The van der Waals surface area contributed by atoms with Gasteiger partial charge in [0.25, 0.3) is 0 Å². The van der Waals surface area contributed by atoms with Gasteiger partial charge in [0.15, 0.2) is 0 Å². The van der Waals surface area contributed by atoms with E-state index >= 15 is 0 Å². The van der Waals surface area contributed by atoms with Gasteiger partial charge in [0.2, 0.25) is 0 Å². The Morgan fingerprint density at radius 2 is 1.69 bits per heavy atom. The Labute approximate surface area is 102 Å². The van der Waals surface area contributed by atoms with E-state index in [1.54, 1.807) is 20.8 Å². The van der Waals surface area contributed by atoms with Crippen molar-refractivity contribution in [2.75, 3.05) is 0 Å². The van der Waals surface area contributed by atoms with Crippen molar-refractivity contribution in [3.05, 3.63) is 27.7 Å². The number of hydrogen-bond acceptors (Lipinski definition) is 2. The van der Waals surface area contributed by atoms with Gasteiger partial charge in [0, 0.05) is 0 Å². The van der Waals surface area contributed by atoms with E-state index in [4.69, 9.17) is 10.0 Å². The number of rotatable bonds is 1. The molecule has 0 fully saturated rings. The Bertz CT molecular complexity index is 416. The van der Waals surface area contributed by atoms with Crippen molar-refractivity contribution in [3.63, 3.8) is 0 Å². The minimum Gasteiger partial charge on any atom is -0.423 e. The molecule has 1 aromatic rings. The lowest BCUT2D eigenvalue weighted by atomic mass is 9.75. The number of benzene rings is 1. The van der Waals surface area contributed by atoms with Crippen LogP contribution in [0.2, 0.25) is 0 Å². The van der Waals surface area contributed by atoms with Crippen LogP contribution >= 0.6 is 15.9 Å². The zero-order chi connectivity index (χ0) is 12.7. The lowest BCUT2D eigenvalue weighted by Crippen LogP contribution is -2.38. The third-order valence-corrected chi connectivity index (χ3v) is 2.83. The molecule has 0 aromatic heterocycles. The average Bonchev–Trinajstić information content (AvgIpc) is 2.09. The van der Waals surface area contributed by atoms with Crippen LogP contribution in [0, 0.1) is 11.6 Å². The molecule has 0 bridgehead atoms. The maximum absolute atomic E-state index is 13.9. The Kier molecular flexibility index (Phi) is 3.77. The lowest BCUT2D eigenvalue weighted by Gasteiger charge is -2.22. The summed E-state index contributed by atoms with van der Waals surface area (Å²) in [5.74, 6) is -1.90. The van der Waals surface area contributed by atoms with Crippen molar-refractivity contribution in [1.29, 1.82) is 0 Å². The molecule has 0 amide bonds. The van der Waals surface area contributed by atoms with Gasteiger partial charge in [-0.3, -0.25) is 0 Å². The maximum atomic E-state index is 13.9. The molecule has 1 rings (SSSR count). The van der Waals surface area contributed by atoms with Crippen LogP contribution in [-0.4, -0.2) is 17.2 Å². The highest BCUT2D eigenvalue weighted by Crippen LogP contribution is 2.28.